The number of hydrogen-bond acceptors (Lipinski definition) is 3. The maximum absolute atomic E-state index is 9.19. The molecule has 1 aromatic carbocycles. The maximum atomic E-state index is 9.19. The smallest absolute Gasteiger partial charge is 0.178 e. The third-order valence-corrected chi connectivity index (χ3v) is 3.33. The van der Waals surface area contributed by atoms with Crippen molar-refractivity contribution in [3.05, 3.63) is 33.8 Å². The van der Waals surface area contributed by atoms with Gasteiger partial charge in [0.25, 0.3) is 0 Å². The number of rotatable bonds is 1. The standard InChI is InChI=1S/C11H13Cl2N3O/c12-8-2-1-3-9(13)10(8)11(15-17)16-6-4-14-5-7-16/h1-3,14,17H,4-7H2. The van der Waals surface area contributed by atoms with Crippen LogP contribution in [0.15, 0.2) is 23.4 Å². The van der Waals surface area contributed by atoms with E-state index in [1.807, 2.05) is 4.90 Å². The van der Waals surface area contributed by atoms with Gasteiger partial charge in [-0.3, -0.25) is 0 Å². The zero-order valence-electron chi connectivity index (χ0n) is 9.16. The van der Waals surface area contributed by atoms with E-state index in [1.165, 1.54) is 0 Å². The summed E-state index contributed by atoms with van der Waals surface area (Å²) in [5.74, 6) is 0.433. The summed E-state index contributed by atoms with van der Waals surface area (Å²) in [6.07, 6.45) is 0. The quantitative estimate of drug-likeness (QED) is 0.356. The normalized spacial score (nSPS) is 17.3. The van der Waals surface area contributed by atoms with Gasteiger partial charge in [0, 0.05) is 26.2 Å². The fourth-order valence-electron chi connectivity index (χ4n) is 1.86. The topological polar surface area (TPSA) is 47.9 Å². The fourth-order valence-corrected chi connectivity index (χ4v) is 2.43. The Bertz CT molecular complexity index is 410. The molecule has 0 bridgehead atoms. The number of halogens is 2. The molecule has 0 atom stereocenters. The van der Waals surface area contributed by atoms with Crippen molar-refractivity contribution < 1.29 is 5.21 Å². The first-order valence-corrected chi connectivity index (χ1v) is 6.11. The second kappa shape index (κ2) is 5.58. The molecule has 0 aliphatic carbocycles. The average molecular weight is 274 g/mol. The highest BCUT2D eigenvalue weighted by Gasteiger charge is 2.21. The van der Waals surface area contributed by atoms with Crippen LogP contribution >= 0.6 is 23.2 Å². The first-order valence-electron chi connectivity index (χ1n) is 5.36. The summed E-state index contributed by atoms with van der Waals surface area (Å²) in [6, 6.07) is 5.23. The van der Waals surface area contributed by atoms with Crippen LogP contribution in [-0.2, 0) is 0 Å². The van der Waals surface area contributed by atoms with Crippen LogP contribution in [0.4, 0.5) is 0 Å². The van der Waals surface area contributed by atoms with Crippen LogP contribution in [-0.4, -0.2) is 42.1 Å². The van der Waals surface area contributed by atoms with E-state index in [-0.39, 0.29) is 0 Å². The Morgan fingerprint density at radius 1 is 1.24 bits per heavy atom. The number of benzene rings is 1. The lowest BCUT2D eigenvalue weighted by atomic mass is 10.1. The van der Waals surface area contributed by atoms with Crippen molar-refractivity contribution in [2.24, 2.45) is 5.16 Å². The minimum Gasteiger partial charge on any atom is -0.409 e. The van der Waals surface area contributed by atoms with Gasteiger partial charge in [0.05, 0.1) is 15.6 Å². The Balaban J connectivity index is 2.35. The van der Waals surface area contributed by atoms with Gasteiger partial charge in [0.15, 0.2) is 5.84 Å². The van der Waals surface area contributed by atoms with Gasteiger partial charge in [0.2, 0.25) is 0 Å². The van der Waals surface area contributed by atoms with E-state index < -0.39 is 0 Å². The highest BCUT2D eigenvalue weighted by molar-refractivity contribution is 6.40. The van der Waals surface area contributed by atoms with Crippen molar-refractivity contribution >= 4 is 29.0 Å². The second-order valence-corrected chi connectivity index (χ2v) is 4.57. The van der Waals surface area contributed by atoms with Gasteiger partial charge in [-0.2, -0.15) is 0 Å². The van der Waals surface area contributed by atoms with Crippen LogP contribution in [0, 0.1) is 0 Å². The van der Waals surface area contributed by atoms with Gasteiger partial charge in [-0.05, 0) is 12.1 Å². The molecule has 1 aromatic rings. The van der Waals surface area contributed by atoms with Crippen LogP contribution in [0.2, 0.25) is 10.0 Å². The minimum absolute atomic E-state index is 0.433. The van der Waals surface area contributed by atoms with Crippen LogP contribution in [0.1, 0.15) is 5.56 Å². The van der Waals surface area contributed by atoms with E-state index in [4.69, 9.17) is 23.2 Å². The van der Waals surface area contributed by atoms with E-state index in [0.29, 0.717) is 21.4 Å². The summed E-state index contributed by atoms with van der Waals surface area (Å²) in [4.78, 5) is 1.96. The predicted molar refractivity (Wildman–Crippen MR) is 69.2 cm³/mol. The number of piperazine rings is 1. The molecule has 1 fully saturated rings. The Kier molecular flexibility index (Phi) is 4.10. The second-order valence-electron chi connectivity index (χ2n) is 3.76. The van der Waals surface area contributed by atoms with Gasteiger partial charge < -0.3 is 15.4 Å². The predicted octanol–water partition coefficient (Wildman–Crippen LogP) is 2.03. The van der Waals surface area contributed by atoms with Gasteiger partial charge in [-0.1, -0.05) is 34.4 Å². The molecule has 0 saturated carbocycles. The Labute approximate surface area is 110 Å². The van der Waals surface area contributed by atoms with E-state index in [0.717, 1.165) is 26.2 Å². The molecule has 1 heterocycles. The molecule has 0 spiro atoms. The first-order chi connectivity index (χ1) is 8.24. The van der Waals surface area contributed by atoms with E-state index in [2.05, 4.69) is 10.5 Å². The van der Waals surface area contributed by atoms with Crippen LogP contribution < -0.4 is 5.32 Å². The summed E-state index contributed by atoms with van der Waals surface area (Å²) in [5.41, 5.74) is 0.584. The van der Waals surface area contributed by atoms with Crippen LogP contribution in [0.25, 0.3) is 0 Å². The molecule has 0 amide bonds. The summed E-state index contributed by atoms with van der Waals surface area (Å²) in [6.45, 7) is 3.23. The van der Waals surface area contributed by atoms with Crippen molar-refractivity contribution in [2.75, 3.05) is 26.2 Å². The Hall–Kier alpha value is -0.970. The van der Waals surface area contributed by atoms with Gasteiger partial charge in [-0.15, -0.1) is 0 Å². The molecule has 0 unspecified atom stereocenters. The zero-order valence-corrected chi connectivity index (χ0v) is 10.7. The van der Waals surface area contributed by atoms with Crippen LogP contribution in [0.3, 0.4) is 0 Å². The number of nitrogens with one attached hydrogen (secondary N) is 1. The van der Waals surface area contributed by atoms with Crippen molar-refractivity contribution in [3.63, 3.8) is 0 Å². The highest BCUT2D eigenvalue weighted by Crippen LogP contribution is 2.26. The summed E-state index contributed by atoms with van der Waals surface area (Å²) in [5, 5.41) is 16.7. The summed E-state index contributed by atoms with van der Waals surface area (Å²) < 4.78 is 0. The van der Waals surface area contributed by atoms with Gasteiger partial charge in [0.1, 0.15) is 0 Å². The van der Waals surface area contributed by atoms with Crippen LogP contribution in [0.5, 0.6) is 0 Å². The van der Waals surface area contributed by atoms with E-state index in [9.17, 15) is 5.21 Å². The minimum atomic E-state index is 0.433. The van der Waals surface area contributed by atoms with E-state index >= 15 is 0 Å². The molecule has 2 N–H and O–H groups in total. The summed E-state index contributed by atoms with van der Waals surface area (Å²) in [7, 11) is 0. The monoisotopic (exact) mass is 273 g/mol. The van der Waals surface area contributed by atoms with Crippen molar-refractivity contribution in [1.29, 1.82) is 0 Å². The highest BCUT2D eigenvalue weighted by atomic mass is 35.5. The zero-order chi connectivity index (χ0) is 12.3. The van der Waals surface area contributed by atoms with E-state index in [1.54, 1.807) is 18.2 Å². The molecule has 1 aliphatic rings. The number of amidine groups is 1. The molecule has 92 valence electrons. The molecule has 2 rings (SSSR count). The average Bonchev–Trinajstić information content (AvgIpc) is 2.35. The van der Waals surface area contributed by atoms with Crippen molar-refractivity contribution in [3.8, 4) is 0 Å². The van der Waals surface area contributed by atoms with Gasteiger partial charge >= 0.3 is 0 Å². The summed E-state index contributed by atoms with van der Waals surface area (Å²) >= 11 is 12.2. The molecule has 17 heavy (non-hydrogen) atoms. The number of hydrogen-bond donors (Lipinski definition) is 2. The lowest BCUT2D eigenvalue weighted by Crippen LogP contribution is -2.46. The number of nitrogens with zero attached hydrogens (tertiary/aromatic N) is 2. The Morgan fingerprint density at radius 2 is 1.82 bits per heavy atom. The molecule has 1 saturated heterocycles. The van der Waals surface area contributed by atoms with Gasteiger partial charge in [-0.25, -0.2) is 0 Å². The third-order valence-electron chi connectivity index (χ3n) is 2.70. The molecule has 4 nitrogen and oxygen atoms in total. The third kappa shape index (κ3) is 2.65. The number of oxime groups is 1. The fraction of sp³-hybridized carbons (Fsp3) is 0.364. The molecule has 6 heteroatoms. The SMILES string of the molecule is ON=C(c1c(Cl)cccc1Cl)N1CCNCC1. The largest absolute Gasteiger partial charge is 0.409 e. The Morgan fingerprint density at radius 3 is 2.35 bits per heavy atom. The maximum Gasteiger partial charge on any atom is 0.178 e. The lowest BCUT2D eigenvalue weighted by Gasteiger charge is -2.30. The molecular formula is C11H13Cl2N3O. The molecular weight excluding hydrogens is 261 g/mol. The lowest BCUT2D eigenvalue weighted by molar-refractivity contribution is 0.290. The molecule has 0 radical (unpaired) electrons. The molecule has 0 aromatic heterocycles. The van der Waals surface area contributed by atoms with Crippen molar-refractivity contribution in [2.45, 2.75) is 0 Å². The van der Waals surface area contributed by atoms with Crippen molar-refractivity contribution in [1.82, 2.24) is 10.2 Å². The molecule has 1 aliphatic heterocycles. The first kappa shape index (κ1) is 12.5.